The molecule has 1 unspecified atom stereocenters. The lowest BCUT2D eigenvalue weighted by Gasteiger charge is -2.12. The van der Waals surface area contributed by atoms with E-state index in [0.717, 1.165) is 11.3 Å². The third-order valence-corrected chi connectivity index (χ3v) is 3.18. The highest BCUT2D eigenvalue weighted by Gasteiger charge is 2.07. The molecule has 1 aromatic heterocycles. The minimum atomic E-state index is -0.558. The van der Waals surface area contributed by atoms with Gasteiger partial charge in [0.05, 0.1) is 18.0 Å². The molecule has 1 heterocycles. The van der Waals surface area contributed by atoms with E-state index in [4.69, 9.17) is 4.74 Å². The van der Waals surface area contributed by atoms with E-state index in [1.54, 1.807) is 19.2 Å². The van der Waals surface area contributed by atoms with Crippen LogP contribution in [-0.2, 0) is 0 Å². The van der Waals surface area contributed by atoms with Crippen LogP contribution in [0.15, 0.2) is 30.5 Å². The van der Waals surface area contributed by atoms with Crippen LogP contribution in [0.1, 0.15) is 35.4 Å². The average molecular weight is 257 g/mol. The molecule has 1 aromatic carbocycles. The lowest BCUT2D eigenvalue weighted by molar-refractivity contribution is 0.194. The molecule has 2 aromatic rings. The first kappa shape index (κ1) is 13.6. The fourth-order valence-electron chi connectivity index (χ4n) is 1.93. The van der Waals surface area contributed by atoms with Gasteiger partial charge in [0.2, 0.25) is 0 Å². The number of benzene rings is 1. The van der Waals surface area contributed by atoms with Crippen molar-refractivity contribution in [2.75, 3.05) is 0 Å². The summed E-state index contributed by atoms with van der Waals surface area (Å²) in [6.07, 6.45) is 1.08. The molecular formula is C16H19NO2. The first-order valence-electron chi connectivity index (χ1n) is 6.37. The van der Waals surface area contributed by atoms with Gasteiger partial charge in [0, 0.05) is 0 Å². The van der Waals surface area contributed by atoms with Crippen molar-refractivity contribution in [1.82, 2.24) is 4.98 Å². The summed E-state index contributed by atoms with van der Waals surface area (Å²) in [6, 6.07) is 7.76. The fraction of sp³-hybridized carbons (Fsp3) is 0.312. The first-order valence-corrected chi connectivity index (χ1v) is 6.37. The Morgan fingerprint density at radius 3 is 2.47 bits per heavy atom. The minimum absolute atomic E-state index is 0.558. The van der Waals surface area contributed by atoms with Crippen LogP contribution in [0.4, 0.5) is 0 Å². The van der Waals surface area contributed by atoms with Crippen LogP contribution >= 0.6 is 0 Å². The van der Waals surface area contributed by atoms with Crippen molar-refractivity contribution < 1.29 is 9.84 Å². The number of aliphatic hydroxyl groups is 1. The maximum Gasteiger partial charge on any atom is 0.145 e. The van der Waals surface area contributed by atoms with Gasteiger partial charge in [0.25, 0.3) is 0 Å². The van der Waals surface area contributed by atoms with E-state index in [0.29, 0.717) is 11.4 Å². The molecule has 1 N–H and O–H groups in total. The molecule has 0 fully saturated rings. The van der Waals surface area contributed by atoms with Crippen LogP contribution < -0.4 is 4.74 Å². The van der Waals surface area contributed by atoms with E-state index in [-0.39, 0.29) is 0 Å². The van der Waals surface area contributed by atoms with Crippen molar-refractivity contribution in [1.29, 1.82) is 0 Å². The number of aromatic nitrogens is 1. The SMILES string of the molecule is Cc1cc(C)c(C)c(Oc2ccc(C(C)O)nc2)c1. The Bertz CT molecular complexity index is 574. The molecule has 0 saturated carbocycles. The topological polar surface area (TPSA) is 42.4 Å². The number of ether oxygens (including phenoxy) is 1. The molecular weight excluding hydrogens is 238 g/mol. The predicted octanol–water partition coefficient (Wildman–Crippen LogP) is 3.85. The van der Waals surface area contributed by atoms with Crippen LogP contribution in [0.3, 0.4) is 0 Å². The van der Waals surface area contributed by atoms with E-state index in [2.05, 4.69) is 18.0 Å². The van der Waals surface area contributed by atoms with Gasteiger partial charge in [0.15, 0.2) is 0 Å². The van der Waals surface area contributed by atoms with Crippen LogP contribution in [0, 0.1) is 20.8 Å². The van der Waals surface area contributed by atoms with Crippen LogP contribution in [0.5, 0.6) is 11.5 Å². The van der Waals surface area contributed by atoms with Crippen molar-refractivity contribution in [3.8, 4) is 11.5 Å². The Morgan fingerprint density at radius 2 is 1.89 bits per heavy atom. The number of nitrogens with zero attached hydrogens (tertiary/aromatic N) is 1. The van der Waals surface area contributed by atoms with Gasteiger partial charge in [-0.05, 0) is 62.6 Å². The molecule has 0 radical (unpaired) electrons. The number of hydrogen-bond donors (Lipinski definition) is 1. The first-order chi connectivity index (χ1) is 8.97. The lowest BCUT2D eigenvalue weighted by atomic mass is 10.1. The number of aryl methyl sites for hydroxylation is 2. The van der Waals surface area contributed by atoms with Crippen LogP contribution in [-0.4, -0.2) is 10.1 Å². The zero-order chi connectivity index (χ0) is 14.0. The van der Waals surface area contributed by atoms with E-state index >= 15 is 0 Å². The van der Waals surface area contributed by atoms with Gasteiger partial charge in [-0.15, -0.1) is 0 Å². The Kier molecular flexibility index (Phi) is 3.86. The number of rotatable bonds is 3. The lowest BCUT2D eigenvalue weighted by Crippen LogP contribution is -1.96. The minimum Gasteiger partial charge on any atom is -0.455 e. The number of pyridine rings is 1. The van der Waals surface area contributed by atoms with E-state index in [9.17, 15) is 5.11 Å². The van der Waals surface area contributed by atoms with E-state index in [1.165, 1.54) is 11.1 Å². The van der Waals surface area contributed by atoms with Gasteiger partial charge in [-0.3, -0.25) is 4.98 Å². The summed E-state index contributed by atoms with van der Waals surface area (Å²) in [4.78, 5) is 4.17. The molecule has 0 bridgehead atoms. The third-order valence-electron chi connectivity index (χ3n) is 3.18. The largest absolute Gasteiger partial charge is 0.455 e. The zero-order valence-electron chi connectivity index (χ0n) is 11.8. The summed E-state index contributed by atoms with van der Waals surface area (Å²) in [7, 11) is 0. The summed E-state index contributed by atoms with van der Waals surface area (Å²) in [5.74, 6) is 1.53. The van der Waals surface area contributed by atoms with Gasteiger partial charge < -0.3 is 9.84 Å². The number of hydrogen-bond acceptors (Lipinski definition) is 3. The maximum atomic E-state index is 9.42. The average Bonchev–Trinajstić information content (AvgIpc) is 2.36. The van der Waals surface area contributed by atoms with E-state index in [1.807, 2.05) is 26.0 Å². The van der Waals surface area contributed by atoms with Crippen molar-refractivity contribution in [3.63, 3.8) is 0 Å². The normalized spacial score (nSPS) is 12.3. The molecule has 0 aliphatic rings. The molecule has 100 valence electrons. The zero-order valence-corrected chi connectivity index (χ0v) is 11.8. The van der Waals surface area contributed by atoms with Crippen molar-refractivity contribution >= 4 is 0 Å². The second-order valence-corrected chi connectivity index (χ2v) is 4.90. The Labute approximate surface area is 113 Å². The Morgan fingerprint density at radius 1 is 1.16 bits per heavy atom. The summed E-state index contributed by atoms with van der Waals surface area (Å²) < 4.78 is 5.86. The molecule has 0 aliphatic heterocycles. The molecule has 1 atom stereocenters. The fourth-order valence-corrected chi connectivity index (χ4v) is 1.93. The summed E-state index contributed by atoms with van der Waals surface area (Å²) in [5, 5.41) is 9.42. The molecule has 19 heavy (non-hydrogen) atoms. The van der Waals surface area contributed by atoms with Gasteiger partial charge in [-0.2, -0.15) is 0 Å². The quantitative estimate of drug-likeness (QED) is 0.908. The monoisotopic (exact) mass is 257 g/mol. The number of aliphatic hydroxyl groups excluding tert-OH is 1. The molecule has 2 rings (SSSR count). The molecule has 0 aliphatic carbocycles. The van der Waals surface area contributed by atoms with Gasteiger partial charge in [-0.25, -0.2) is 0 Å². The van der Waals surface area contributed by atoms with E-state index < -0.39 is 6.10 Å². The summed E-state index contributed by atoms with van der Waals surface area (Å²) in [6.45, 7) is 7.86. The Hall–Kier alpha value is -1.87. The highest BCUT2D eigenvalue weighted by Crippen LogP contribution is 2.28. The van der Waals surface area contributed by atoms with Crippen molar-refractivity contribution in [2.24, 2.45) is 0 Å². The highest BCUT2D eigenvalue weighted by atomic mass is 16.5. The standard InChI is InChI=1S/C16H19NO2/c1-10-7-11(2)12(3)16(8-10)19-14-5-6-15(13(4)18)17-9-14/h5-9,13,18H,1-4H3. The molecule has 0 saturated heterocycles. The molecule has 0 spiro atoms. The molecule has 0 amide bonds. The molecule has 3 heteroatoms. The third kappa shape index (κ3) is 3.12. The second kappa shape index (κ2) is 5.41. The van der Waals surface area contributed by atoms with Crippen molar-refractivity contribution in [3.05, 3.63) is 52.8 Å². The Balaban J connectivity index is 2.26. The summed E-state index contributed by atoms with van der Waals surface area (Å²) in [5.41, 5.74) is 4.16. The smallest absolute Gasteiger partial charge is 0.145 e. The van der Waals surface area contributed by atoms with Gasteiger partial charge >= 0.3 is 0 Å². The predicted molar refractivity (Wildman–Crippen MR) is 75.6 cm³/mol. The van der Waals surface area contributed by atoms with Gasteiger partial charge in [-0.1, -0.05) is 6.07 Å². The second-order valence-electron chi connectivity index (χ2n) is 4.90. The summed E-state index contributed by atoms with van der Waals surface area (Å²) >= 11 is 0. The van der Waals surface area contributed by atoms with Crippen LogP contribution in [0.25, 0.3) is 0 Å². The van der Waals surface area contributed by atoms with Gasteiger partial charge in [0.1, 0.15) is 11.5 Å². The van der Waals surface area contributed by atoms with Crippen molar-refractivity contribution in [2.45, 2.75) is 33.8 Å². The van der Waals surface area contributed by atoms with Crippen LogP contribution in [0.2, 0.25) is 0 Å². The molecule has 3 nitrogen and oxygen atoms in total. The maximum absolute atomic E-state index is 9.42. The highest BCUT2D eigenvalue weighted by molar-refractivity contribution is 5.44.